The number of rotatable bonds is 14. The van der Waals surface area contributed by atoms with Crippen LogP contribution in [0.5, 0.6) is 23.0 Å². The van der Waals surface area contributed by atoms with E-state index in [0.717, 1.165) is 27.1 Å². The lowest BCUT2D eigenvalue weighted by molar-refractivity contribution is -0.135. The number of aliphatic hydroxyl groups is 1. The standard InChI is InChI=1S/C28H21FN2O7.C24H23FN4O6/c1-2-36-28(35)21-25(37-15-17-6-4-3-5-7-17)22-23-24(38-20(27(33)34)14-31(23)26(21)32)18(13-30-22)12-16-8-10-19(29)11-9-16;1-24(2,11-30)28-21(32)15-10-29-18-17(19(31)16(23(29)34)22(33)26-3)27-9-13(20(18)35-15)8-12-4-6-14(25)7-5-12/h3-11,13-14H,2,12,15H2,1H3,(H,33,34);4-7,9-10,30-31H,8,11H2,1-3H3,(H,26,33)(H,28,32). The summed E-state index contributed by atoms with van der Waals surface area (Å²) in [6.07, 6.45) is 5.36. The highest BCUT2D eigenvalue weighted by atomic mass is 19.1. The van der Waals surface area contributed by atoms with E-state index in [1.165, 1.54) is 43.7 Å². The van der Waals surface area contributed by atoms with E-state index >= 15 is 0 Å². The monoisotopic (exact) mass is 998 g/mol. The van der Waals surface area contributed by atoms with E-state index in [9.17, 15) is 52.9 Å². The van der Waals surface area contributed by atoms with Crippen molar-refractivity contribution in [2.45, 2.75) is 45.8 Å². The van der Waals surface area contributed by atoms with Gasteiger partial charge in [-0.15, -0.1) is 0 Å². The lowest BCUT2D eigenvalue weighted by atomic mass is 10.0. The number of aliphatic hydroxyl groups excluding tert-OH is 1. The first kappa shape index (κ1) is 50.2. The van der Waals surface area contributed by atoms with Gasteiger partial charge < -0.3 is 44.9 Å². The number of aliphatic carboxylic acids is 1. The van der Waals surface area contributed by atoms with Crippen molar-refractivity contribution in [2.24, 2.45) is 0 Å². The highest BCUT2D eigenvalue weighted by Gasteiger charge is 2.34. The van der Waals surface area contributed by atoms with Crippen molar-refractivity contribution in [1.29, 1.82) is 0 Å². The van der Waals surface area contributed by atoms with Crippen LogP contribution in [0, 0.1) is 11.6 Å². The summed E-state index contributed by atoms with van der Waals surface area (Å²) in [6.45, 7) is 4.47. The van der Waals surface area contributed by atoms with Gasteiger partial charge in [0.2, 0.25) is 11.5 Å². The highest BCUT2D eigenvalue weighted by Crippen LogP contribution is 2.40. The summed E-state index contributed by atoms with van der Waals surface area (Å²) in [7, 11) is 1.31. The molecule has 9 rings (SSSR count). The molecule has 21 heteroatoms. The Bertz CT molecular complexity index is 3560. The predicted octanol–water partition coefficient (Wildman–Crippen LogP) is 5.43. The van der Waals surface area contributed by atoms with Gasteiger partial charge in [0.15, 0.2) is 28.6 Å². The first-order chi connectivity index (χ1) is 34.9. The number of hydrogen-bond donors (Lipinski definition) is 5. The Morgan fingerprint density at radius 3 is 1.78 bits per heavy atom. The number of carbonyl (C=O) groups is 4. The van der Waals surface area contributed by atoms with Crippen molar-refractivity contribution in [3.05, 3.63) is 174 Å². The number of halogens is 2. The smallest absolute Gasteiger partial charge is 0.373 e. The second-order valence-corrected chi connectivity index (χ2v) is 17.1. The molecule has 0 fully saturated rings. The molecular weight excluding hydrogens is 955 g/mol. The number of carbonyl (C=O) groups excluding carboxylic acids is 3. The predicted molar refractivity (Wildman–Crippen MR) is 259 cm³/mol. The molecule has 0 bridgehead atoms. The fourth-order valence-electron chi connectivity index (χ4n) is 7.78. The molecule has 6 heterocycles. The molecular formula is C52H44F2N6O13. The first-order valence-corrected chi connectivity index (χ1v) is 22.3. The van der Waals surface area contributed by atoms with Crippen LogP contribution in [0.15, 0.2) is 112 Å². The third-order valence-electron chi connectivity index (χ3n) is 11.4. The zero-order valence-corrected chi connectivity index (χ0v) is 39.3. The summed E-state index contributed by atoms with van der Waals surface area (Å²) in [6, 6.07) is 20.6. The van der Waals surface area contributed by atoms with Gasteiger partial charge in [-0.1, -0.05) is 54.6 Å². The zero-order valence-electron chi connectivity index (χ0n) is 39.3. The van der Waals surface area contributed by atoms with Crippen molar-refractivity contribution >= 4 is 58.2 Å². The molecule has 0 saturated carbocycles. The molecule has 0 unspecified atom stereocenters. The minimum Gasteiger partial charge on any atom is -0.505 e. The molecule has 4 aromatic heterocycles. The molecule has 374 valence electrons. The quantitative estimate of drug-likeness (QED) is 0.0852. The normalized spacial score (nSPS) is 12.3. The van der Waals surface area contributed by atoms with Crippen LogP contribution in [-0.2, 0) is 33.8 Å². The summed E-state index contributed by atoms with van der Waals surface area (Å²) < 4.78 is 51.6. The lowest BCUT2D eigenvalue weighted by Gasteiger charge is -2.26. The Kier molecular flexibility index (Phi) is 14.2. The molecule has 2 aliphatic heterocycles. The van der Waals surface area contributed by atoms with Crippen molar-refractivity contribution in [2.75, 3.05) is 20.3 Å². The van der Waals surface area contributed by atoms with Gasteiger partial charge in [0.1, 0.15) is 45.9 Å². The molecule has 5 N–H and O–H groups in total. The summed E-state index contributed by atoms with van der Waals surface area (Å²) in [5.41, 5.74) is -0.348. The number of ether oxygens (including phenoxy) is 4. The molecule has 0 atom stereocenters. The van der Waals surface area contributed by atoms with Crippen LogP contribution in [0.4, 0.5) is 8.78 Å². The second kappa shape index (κ2) is 20.6. The Hall–Kier alpha value is -9.24. The summed E-state index contributed by atoms with van der Waals surface area (Å²) in [4.78, 5) is 85.7. The number of esters is 1. The van der Waals surface area contributed by atoms with Crippen LogP contribution in [0.2, 0.25) is 0 Å². The number of carboxylic acids is 1. The van der Waals surface area contributed by atoms with Gasteiger partial charge in [0.05, 0.1) is 31.2 Å². The molecule has 19 nitrogen and oxygen atoms in total. The molecule has 7 aromatic rings. The minimum atomic E-state index is -1.41. The molecule has 0 spiro atoms. The SMILES string of the molecule is CCOC(=O)c1c(OCc2ccccc2)c2ncc(Cc3ccc(F)cc3)c3c2n(c1=O)C=C(C(=O)O)O3.CNC(=O)c1c(O)c2ncc(Cc3ccc(F)cc3)c3c2n(c1=O)C=C(C(=O)NC(C)(C)CO)O3. The van der Waals surface area contributed by atoms with Crippen LogP contribution in [-0.4, -0.2) is 84.0 Å². The third-order valence-corrected chi connectivity index (χ3v) is 11.4. The van der Waals surface area contributed by atoms with Crippen LogP contribution in [0.1, 0.15) is 69.3 Å². The van der Waals surface area contributed by atoms with Gasteiger partial charge in [-0.2, -0.15) is 0 Å². The van der Waals surface area contributed by atoms with Gasteiger partial charge in [0.25, 0.3) is 22.9 Å². The van der Waals surface area contributed by atoms with Crippen molar-refractivity contribution < 1.29 is 62.2 Å². The molecule has 0 aliphatic carbocycles. The second-order valence-electron chi connectivity index (χ2n) is 17.1. The Balaban J connectivity index is 0.000000196. The topological polar surface area (TPSA) is 260 Å². The van der Waals surface area contributed by atoms with Crippen molar-refractivity contribution in [3.8, 4) is 23.0 Å². The third kappa shape index (κ3) is 10.2. The summed E-state index contributed by atoms with van der Waals surface area (Å²) >= 11 is 0. The fourth-order valence-corrected chi connectivity index (χ4v) is 7.78. The van der Waals surface area contributed by atoms with Crippen LogP contribution in [0.25, 0.3) is 34.5 Å². The molecule has 2 amide bonds. The molecule has 2 aliphatic rings. The molecule has 73 heavy (non-hydrogen) atoms. The van der Waals surface area contributed by atoms with E-state index in [2.05, 4.69) is 20.6 Å². The Morgan fingerprint density at radius 2 is 1.25 bits per heavy atom. The van der Waals surface area contributed by atoms with Gasteiger partial charge in [-0.05, 0) is 61.7 Å². The highest BCUT2D eigenvalue weighted by molar-refractivity contribution is 6.05. The van der Waals surface area contributed by atoms with E-state index in [1.54, 1.807) is 45.0 Å². The molecule has 0 radical (unpaired) electrons. The van der Waals surface area contributed by atoms with Gasteiger partial charge in [-0.25, -0.2) is 18.4 Å². The number of pyridine rings is 4. The van der Waals surface area contributed by atoms with Crippen LogP contribution >= 0.6 is 0 Å². The minimum absolute atomic E-state index is 0.00302. The number of nitrogens with zero attached hydrogens (tertiary/aromatic N) is 4. The maximum Gasteiger partial charge on any atom is 0.373 e. The van der Waals surface area contributed by atoms with Crippen LogP contribution in [0.3, 0.4) is 0 Å². The molecule has 3 aromatic carbocycles. The zero-order chi connectivity index (χ0) is 52.3. The first-order valence-electron chi connectivity index (χ1n) is 22.3. The molecule has 0 saturated heterocycles. The number of hydrogen-bond acceptors (Lipinski definition) is 14. The number of benzene rings is 3. The number of nitrogens with one attached hydrogen (secondary N) is 2. The maximum atomic E-state index is 13.6. The lowest BCUT2D eigenvalue weighted by Crippen LogP contribution is -2.47. The van der Waals surface area contributed by atoms with Gasteiger partial charge in [-0.3, -0.25) is 38.3 Å². The average Bonchev–Trinajstić information content (AvgIpc) is 3.38. The maximum absolute atomic E-state index is 13.6. The number of amides is 2. The summed E-state index contributed by atoms with van der Waals surface area (Å²) in [5.74, 6) is -6.09. The van der Waals surface area contributed by atoms with E-state index < -0.39 is 74.7 Å². The Labute approximate surface area is 412 Å². The number of carboxylic acid groups (broad SMARTS) is 1. The van der Waals surface area contributed by atoms with Crippen LogP contribution < -0.4 is 36.0 Å². The fraction of sp³-hybridized carbons (Fsp3) is 0.192. The van der Waals surface area contributed by atoms with Gasteiger partial charge in [0, 0.05) is 43.4 Å². The largest absolute Gasteiger partial charge is 0.505 e. The van der Waals surface area contributed by atoms with E-state index in [0.29, 0.717) is 22.3 Å². The van der Waals surface area contributed by atoms with E-state index in [1.807, 2.05) is 30.3 Å². The Morgan fingerprint density at radius 1 is 0.726 bits per heavy atom. The van der Waals surface area contributed by atoms with Crippen molar-refractivity contribution in [3.63, 3.8) is 0 Å². The summed E-state index contributed by atoms with van der Waals surface area (Å²) in [5, 5.41) is 34.8. The van der Waals surface area contributed by atoms with E-state index in [-0.39, 0.29) is 77.7 Å². The average molecular weight is 999 g/mol. The van der Waals surface area contributed by atoms with E-state index in [4.69, 9.17) is 18.9 Å². The van der Waals surface area contributed by atoms with Gasteiger partial charge >= 0.3 is 11.9 Å². The number of aromatic hydroxyl groups is 1. The number of aromatic nitrogens is 4. The van der Waals surface area contributed by atoms with Crippen molar-refractivity contribution in [1.82, 2.24) is 29.7 Å².